The first-order chi connectivity index (χ1) is 6.58. The largest absolute Gasteiger partial charge is 0.393 e. The van der Waals surface area contributed by atoms with Crippen LogP contribution >= 0.6 is 23.8 Å². The number of nitrogens with one attached hydrogen (secondary N) is 1. The second-order valence-corrected chi connectivity index (χ2v) is 3.66. The van der Waals surface area contributed by atoms with E-state index in [9.17, 15) is 4.79 Å². The smallest absolute Gasteiger partial charge is 0.231 e. The molecule has 0 fully saturated rings. The zero-order valence-corrected chi connectivity index (χ0v) is 8.86. The third-order valence-electron chi connectivity index (χ3n) is 1.46. The van der Waals surface area contributed by atoms with Gasteiger partial charge in [-0.3, -0.25) is 4.79 Å². The maximum atomic E-state index is 11.2. The normalized spacial score (nSPS) is 9.50. The van der Waals surface area contributed by atoms with Crippen LogP contribution in [-0.4, -0.2) is 10.9 Å². The van der Waals surface area contributed by atoms with Crippen molar-refractivity contribution in [2.75, 3.05) is 5.32 Å². The zero-order valence-electron chi connectivity index (χ0n) is 7.29. The van der Waals surface area contributed by atoms with Crippen LogP contribution < -0.4 is 11.1 Å². The summed E-state index contributed by atoms with van der Waals surface area (Å²) in [7, 11) is 0. The fourth-order valence-electron chi connectivity index (χ4n) is 0.897. The van der Waals surface area contributed by atoms with Gasteiger partial charge in [0.25, 0.3) is 0 Å². The number of benzene rings is 1. The van der Waals surface area contributed by atoms with E-state index in [0.717, 1.165) is 0 Å². The molecule has 14 heavy (non-hydrogen) atoms. The molecule has 1 aromatic rings. The molecule has 0 aliphatic carbocycles. The number of nitrogens with two attached hydrogens (primary N) is 1. The Bertz CT molecular complexity index is 350. The van der Waals surface area contributed by atoms with E-state index in [1.54, 1.807) is 24.3 Å². The average molecular weight is 229 g/mol. The molecular formula is C9H9ClN2OS. The number of hydrogen-bond donors (Lipinski definition) is 2. The first-order valence-corrected chi connectivity index (χ1v) is 4.70. The molecule has 0 spiro atoms. The van der Waals surface area contributed by atoms with Gasteiger partial charge in [0.15, 0.2) is 0 Å². The molecule has 0 heterocycles. The highest BCUT2D eigenvalue weighted by atomic mass is 35.5. The summed E-state index contributed by atoms with van der Waals surface area (Å²) >= 11 is 10.3. The van der Waals surface area contributed by atoms with Gasteiger partial charge in [-0.1, -0.05) is 23.8 Å². The van der Waals surface area contributed by atoms with Crippen LogP contribution in [0.15, 0.2) is 24.3 Å². The van der Waals surface area contributed by atoms with Gasteiger partial charge in [-0.15, -0.1) is 0 Å². The molecular weight excluding hydrogens is 220 g/mol. The molecule has 74 valence electrons. The van der Waals surface area contributed by atoms with E-state index in [-0.39, 0.29) is 17.3 Å². The minimum atomic E-state index is -0.222. The number of amides is 1. The first-order valence-electron chi connectivity index (χ1n) is 3.91. The van der Waals surface area contributed by atoms with E-state index in [1.807, 2.05) is 0 Å². The molecule has 0 radical (unpaired) electrons. The van der Waals surface area contributed by atoms with Crippen molar-refractivity contribution in [3.63, 3.8) is 0 Å². The summed E-state index contributed by atoms with van der Waals surface area (Å²) in [6, 6.07) is 6.80. The Balaban J connectivity index is 2.56. The van der Waals surface area contributed by atoms with E-state index in [4.69, 9.17) is 17.3 Å². The standard InChI is InChI=1S/C9H9ClN2OS/c10-6-1-3-7(4-2-6)12-9(13)5-8(11)14/h1-4H,5H2,(H2,11,14)(H,12,13). The van der Waals surface area contributed by atoms with Crippen molar-refractivity contribution in [3.05, 3.63) is 29.3 Å². The maximum Gasteiger partial charge on any atom is 0.231 e. The van der Waals surface area contributed by atoms with Crippen LogP contribution in [0.5, 0.6) is 0 Å². The Morgan fingerprint density at radius 3 is 2.50 bits per heavy atom. The van der Waals surface area contributed by atoms with Crippen molar-refractivity contribution in [2.45, 2.75) is 6.42 Å². The van der Waals surface area contributed by atoms with Gasteiger partial charge in [0, 0.05) is 10.7 Å². The van der Waals surface area contributed by atoms with Crippen LogP contribution in [0, 0.1) is 0 Å². The Hall–Kier alpha value is -1.13. The van der Waals surface area contributed by atoms with Crippen LogP contribution in [0.3, 0.4) is 0 Å². The molecule has 1 aromatic carbocycles. The number of hydrogen-bond acceptors (Lipinski definition) is 2. The van der Waals surface area contributed by atoms with Crippen molar-refractivity contribution in [1.29, 1.82) is 0 Å². The summed E-state index contributed by atoms with van der Waals surface area (Å²) in [5.41, 5.74) is 5.90. The Morgan fingerprint density at radius 1 is 1.43 bits per heavy atom. The number of rotatable bonds is 3. The van der Waals surface area contributed by atoms with Crippen molar-refractivity contribution in [2.24, 2.45) is 5.73 Å². The fraction of sp³-hybridized carbons (Fsp3) is 0.111. The maximum absolute atomic E-state index is 11.2. The SMILES string of the molecule is NC(=S)CC(=O)Nc1ccc(Cl)cc1. The zero-order chi connectivity index (χ0) is 10.6. The molecule has 5 heteroatoms. The quantitative estimate of drug-likeness (QED) is 0.778. The summed E-state index contributed by atoms with van der Waals surface area (Å²) in [6.45, 7) is 0. The van der Waals surface area contributed by atoms with E-state index in [2.05, 4.69) is 17.5 Å². The Labute approximate surface area is 92.2 Å². The molecule has 0 bridgehead atoms. The predicted octanol–water partition coefficient (Wildman–Crippen LogP) is 1.95. The van der Waals surface area contributed by atoms with Gasteiger partial charge in [0.2, 0.25) is 5.91 Å². The summed E-state index contributed by atoms with van der Waals surface area (Å²) < 4.78 is 0. The van der Waals surface area contributed by atoms with Crippen LogP contribution in [0.4, 0.5) is 5.69 Å². The van der Waals surface area contributed by atoms with Crippen molar-refractivity contribution in [3.8, 4) is 0 Å². The highest BCUT2D eigenvalue weighted by molar-refractivity contribution is 7.80. The Kier molecular flexibility index (Phi) is 3.85. The van der Waals surface area contributed by atoms with Crippen molar-refractivity contribution >= 4 is 40.4 Å². The summed E-state index contributed by atoms with van der Waals surface area (Å²) in [4.78, 5) is 11.4. The molecule has 0 aromatic heterocycles. The monoisotopic (exact) mass is 228 g/mol. The molecule has 0 aliphatic heterocycles. The number of carbonyl (C=O) groups is 1. The molecule has 3 N–H and O–H groups in total. The molecule has 1 rings (SSSR count). The van der Waals surface area contributed by atoms with Gasteiger partial charge in [-0.25, -0.2) is 0 Å². The fourth-order valence-corrected chi connectivity index (χ4v) is 1.15. The third kappa shape index (κ3) is 3.72. The van der Waals surface area contributed by atoms with Crippen molar-refractivity contribution < 1.29 is 4.79 Å². The van der Waals surface area contributed by atoms with Gasteiger partial charge in [0.05, 0.1) is 11.4 Å². The highest BCUT2D eigenvalue weighted by Gasteiger charge is 2.02. The molecule has 3 nitrogen and oxygen atoms in total. The van der Waals surface area contributed by atoms with Crippen LogP contribution in [-0.2, 0) is 4.79 Å². The lowest BCUT2D eigenvalue weighted by Gasteiger charge is -2.03. The second-order valence-electron chi connectivity index (χ2n) is 2.70. The summed E-state index contributed by atoms with van der Waals surface area (Å²) in [5, 5.41) is 3.26. The van der Waals surface area contributed by atoms with Crippen LogP contribution in [0.25, 0.3) is 0 Å². The van der Waals surface area contributed by atoms with E-state index < -0.39 is 0 Å². The van der Waals surface area contributed by atoms with Crippen LogP contribution in [0.1, 0.15) is 6.42 Å². The second kappa shape index (κ2) is 4.93. The van der Waals surface area contributed by atoms with E-state index >= 15 is 0 Å². The van der Waals surface area contributed by atoms with Crippen molar-refractivity contribution in [1.82, 2.24) is 0 Å². The molecule has 0 saturated heterocycles. The summed E-state index contributed by atoms with van der Waals surface area (Å²) in [6.07, 6.45) is 0.0535. The lowest BCUT2D eigenvalue weighted by atomic mass is 10.3. The highest BCUT2D eigenvalue weighted by Crippen LogP contribution is 2.13. The van der Waals surface area contributed by atoms with Gasteiger partial charge < -0.3 is 11.1 Å². The van der Waals surface area contributed by atoms with Gasteiger partial charge in [0.1, 0.15) is 0 Å². The number of anilines is 1. The lowest BCUT2D eigenvalue weighted by molar-refractivity contribution is -0.115. The van der Waals surface area contributed by atoms with Crippen LogP contribution in [0.2, 0.25) is 5.02 Å². The molecule has 0 atom stereocenters. The average Bonchev–Trinajstić information content (AvgIpc) is 2.07. The minimum Gasteiger partial charge on any atom is -0.393 e. The lowest BCUT2D eigenvalue weighted by Crippen LogP contribution is -2.19. The number of thiocarbonyl (C=S) groups is 1. The third-order valence-corrected chi connectivity index (χ3v) is 1.86. The topological polar surface area (TPSA) is 55.1 Å². The molecule has 0 saturated carbocycles. The van der Waals surface area contributed by atoms with Gasteiger partial charge >= 0.3 is 0 Å². The number of halogens is 1. The molecule has 0 aliphatic rings. The minimum absolute atomic E-state index is 0.0535. The van der Waals surface area contributed by atoms with E-state index in [0.29, 0.717) is 10.7 Å². The number of carbonyl (C=O) groups excluding carboxylic acids is 1. The predicted molar refractivity (Wildman–Crippen MR) is 61.5 cm³/mol. The van der Waals surface area contributed by atoms with Gasteiger partial charge in [-0.2, -0.15) is 0 Å². The van der Waals surface area contributed by atoms with Gasteiger partial charge in [-0.05, 0) is 24.3 Å². The Morgan fingerprint density at radius 2 is 2.00 bits per heavy atom. The first kappa shape index (κ1) is 10.9. The van der Waals surface area contributed by atoms with E-state index in [1.165, 1.54) is 0 Å². The summed E-state index contributed by atoms with van der Waals surface area (Å²) in [5.74, 6) is -0.222. The molecule has 1 amide bonds. The molecule has 0 unspecified atom stereocenters.